The highest BCUT2D eigenvalue weighted by Crippen LogP contribution is 2.30. The van der Waals surface area contributed by atoms with Gasteiger partial charge in [0.15, 0.2) is 0 Å². The molecule has 0 spiro atoms. The minimum absolute atomic E-state index is 0.356. The fourth-order valence-electron chi connectivity index (χ4n) is 0.929. The quantitative estimate of drug-likeness (QED) is 0.655. The van der Waals surface area contributed by atoms with Crippen LogP contribution in [-0.2, 0) is 6.42 Å². The Morgan fingerprint density at radius 1 is 1.55 bits per heavy atom. The van der Waals surface area contributed by atoms with E-state index in [1.54, 1.807) is 11.3 Å². The second-order valence-electron chi connectivity index (χ2n) is 2.41. The number of hydrogen-bond donors (Lipinski definition) is 0. The molecule has 0 atom stereocenters. The van der Waals surface area contributed by atoms with Crippen LogP contribution >= 0.6 is 34.5 Å². The molecule has 0 aliphatic carbocycles. The molecule has 1 heterocycles. The zero-order valence-corrected chi connectivity index (χ0v) is 8.64. The fraction of sp³-hybridized carbons (Fsp3) is 0.500. The van der Waals surface area contributed by atoms with Crippen LogP contribution in [0.25, 0.3) is 0 Å². The monoisotopic (exact) mass is 208 g/mol. The van der Waals surface area contributed by atoms with Gasteiger partial charge in [-0.2, -0.15) is 0 Å². The molecular formula is C8H10Cl2S. The molecule has 0 fully saturated rings. The number of hydrogen-bond acceptors (Lipinski definition) is 1. The Hall–Kier alpha value is 0.280. The van der Waals surface area contributed by atoms with Crippen molar-refractivity contribution >= 4 is 34.5 Å². The van der Waals surface area contributed by atoms with Crippen molar-refractivity contribution in [3.63, 3.8) is 0 Å². The van der Waals surface area contributed by atoms with Crippen LogP contribution in [0.1, 0.15) is 28.6 Å². The molecule has 0 unspecified atom stereocenters. The van der Waals surface area contributed by atoms with Gasteiger partial charge in [-0.3, -0.25) is 0 Å². The maximum atomic E-state index is 5.69. The highest BCUT2D eigenvalue weighted by molar-refractivity contribution is 7.10. The average molecular weight is 209 g/mol. The van der Waals surface area contributed by atoms with Gasteiger partial charge in [0.2, 0.25) is 0 Å². The Morgan fingerprint density at radius 3 is 2.73 bits per heavy atom. The number of halogens is 2. The first kappa shape index (κ1) is 9.37. The number of thiophene rings is 1. The van der Waals surface area contributed by atoms with Crippen molar-refractivity contribution in [2.24, 2.45) is 0 Å². The first-order chi connectivity index (χ1) is 5.24. The minimum Gasteiger partial charge on any atom is -0.146 e. The Labute approximate surface area is 81.1 Å². The summed E-state index contributed by atoms with van der Waals surface area (Å²) in [7, 11) is 0. The molecule has 0 aromatic carbocycles. The van der Waals surface area contributed by atoms with Gasteiger partial charge < -0.3 is 0 Å². The number of rotatable bonds is 3. The summed E-state index contributed by atoms with van der Waals surface area (Å²) in [4.78, 5) is 0.697. The van der Waals surface area contributed by atoms with Crippen LogP contribution in [0.4, 0.5) is 0 Å². The van der Waals surface area contributed by atoms with Gasteiger partial charge in [-0.05, 0) is 23.4 Å². The third-order valence-electron chi connectivity index (χ3n) is 1.43. The Kier molecular flexibility index (Phi) is 3.70. The van der Waals surface area contributed by atoms with Gasteiger partial charge in [-0.1, -0.05) is 36.5 Å². The van der Waals surface area contributed by atoms with Gasteiger partial charge in [0.25, 0.3) is 0 Å². The molecule has 0 radical (unpaired) electrons. The lowest BCUT2D eigenvalue weighted by Crippen LogP contribution is -1.77. The smallest absolute Gasteiger partial charge is 0.141 e. The molecule has 0 bridgehead atoms. The van der Waals surface area contributed by atoms with Crippen LogP contribution in [0.5, 0.6) is 0 Å². The van der Waals surface area contributed by atoms with E-state index in [-0.39, 0.29) is 4.84 Å². The molecule has 11 heavy (non-hydrogen) atoms. The van der Waals surface area contributed by atoms with Crippen LogP contribution in [0, 0.1) is 0 Å². The molecule has 1 rings (SSSR count). The van der Waals surface area contributed by atoms with E-state index in [0.717, 1.165) is 11.3 Å². The first-order valence-corrected chi connectivity index (χ1v) is 5.34. The van der Waals surface area contributed by atoms with Crippen LogP contribution in [-0.4, -0.2) is 0 Å². The van der Waals surface area contributed by atoms with E-state index in [0.29, 0.717) is 0 Å². The molecule has 1 aromatic rings. The second kappa shape index (κ2) is 4.34. The van der Waals surface area contributed by atoms with Crippen LogP contribution < -0.4 is 0 Å². The normalized spacial score (nSPS) is 10.9. The average Bonchev–Trinajstić information content (AvgIpc) is 2.37. The highest BCUT2D eigenvalue weighted by Gasteiger charge is 2.05. The van der Waals surface area contributed by atoms with Crippen molar-refractivity contribution in [2.75, 3.05) is 0 Å². The largest absolute Gasteiger partial charge is 0.146 e. The summed E-state index contributed by atoms with van der Waals surface area (Å²) in [6, 6.07) is 2.08. The van der Waals surface area contributed by atoms with Gasteiger partial charge in [0, 0.05) is 4.88 Å². The van der Waals surface area contributed by atoms with Crippen LogP contribution in [0.15, 0.2) is 11.4 Å². The zero-order chi connectivity index (χ0) is 8.27. The van der Waals surface area contributed by atoms with Gasteiger partial charge in [0.1, 0.15) is 4.84 Å². The van der Waals surface area contributed by atoms with E-state index in [1.807, 2.05) is 0 Å². The molecule has 0 aliphatic heterocycles. The Morgan fingerprint density at radius 2 is 2.27 bits per heavy atom. The van der Waals surface area contributed by atoms with E-state index in [4.69, 9.17) is 23.2 Å². The molecular weight excluding hydrogens is 199 g/mol. The van der Waals surface area contributed by atoms with E-state index in [9.17, 15) is 0 Å². The van der Waals surface area contributed by atoms with Crippen molar-refractivity contribution in [3.05, 3.63) is 21.9 Å². The SMILES string of the molecule is CCCc1csc(C(Cl)Cl)c1. The lowest BCUT2D eigenvalue weighted by atomic mass is 10.2. The van der Waals surface area contributed by atoms with Crippen molar-refractivity contribution in [1.29, 1.82) is 0 Å². The van der Waals surface area contributed by atoms with Crippen molar-refractivity contribution in [2.45, 2.75) is 24.6 Å². The summed E-state index contributed by atoms with van der Waals surface area (Å²) in [6.45, 7) is 2.16. The fourth-order valence-corrected chi connectivity index (χ4v) is 2.16. The predicted molar refractivity (Wildman–Crippen MR) is 52.8 cm³/mol. The van der Waals surface area contributed by atoms with E-state index < -0.39 is 0 Å². The summed E-state index contributed by atoms with van der Waals surface area (Å²) in [6.07, 6.45) is 2.29. The number of aryl methyl sites for hydroxylation is 1. The summed E-state index contributed by atoms with van der Waals surface area (Å²) >= 11 is 13.0. The van der Waals surface area contributed by atoms with Gasteiger partial charge in [0.05, 0.1) is 0 Å². The molecule has 0 saturated carbocycles. The number of alkyl halides is 2. The molecule has 0 nitrogen and oxygen atoms in total. The van der Waals surface area contributed by atoms with E-state index in [2.05, 4.69) is 18.4 Å². The second-order valence-corrected chi connectivity index (χ2v) is 4.45. The third kappa shape index (κ3) is 2.66. The maximum Gasteiger partial charge on any atom is 0.141 e. The van der Waals surface area contributed by atoms with Gasteiger partial charge in [-0.25, -0.2) is 0 Å². The molecule has 0 amide bonds. The van der Waals surface area contributed by atoms with Crippen LogP contribution in [0.2, 0.25) is 0 Å². The highest BCUT2D eigenvalue weighted by atomic mass is 35.5. The molecule has 1 aromatic heterocycles. The van der Waals surface area contributed by atoms with Crippen LogP contribution in [0.3, 0.4) is 0 Å². The zero-order valence-electron chi connectivity index (χ0n) is 6.31. The Balaban J connectivity index is 2.66. The topological polar surface area (TPSA) is 0 Å². The maximum absolute atomic E-state index is 5.69. The third-order valence-corrected chi connectivity index (χ3v) is 3.20. The molecule has 0 saturated heterocycles. The minimum atomic E-state index is -0.356. The van der Waals surface area contributed by atoms with E-state index >= 15 is 0 Å². The van der Waals surface area contributed by atoms with Crippen molar-refractivity contribution < 1.29 is 0 Å². The molecule has 3 heteroatoms. The van der Waals surface area contributed by atoms with Gasteiger partial charge in [-0.15, -0.1) is 11.3 Å². The molecule has 0 N–H and O–H groups in total. The van der Waals surface area contributed by atoms with E-state index in [1.165, 1.54) is 12.0 Å². The lowest BCUT2D eigenvalue weighted by Gasteiger charge is -1.92. The molecule has 62 valence electrons. The summed E-state index contributed by atoms with van der Waals surface area (Å²) < 4.78 is 0. The predicted octanol–water partition coefficient (Wildman–Crippen LogP) is 4.18. The van der Waals surface area contributed by atoms with Gasteiger partial charge >= 0.3 is 0 Å². The standard InChI is InChI=1S/C8H10Cl2S/c1-2-3-6-4-7(8(9)10)11-5-6/h4-5,8H,2-3H2,1H3. The summed E-state index contributed by atoms with van der Waals surface area (Å²) in [5.74, 6) is 0. The van der Waals surface area contributed by atoms with Crippen molar-refractivity contribution in [1.82, 2.24) is 0 Å². The van der Waals surface area contributed by atoms with Crippen molar-refractivity contribution in [3.8, 4) is 0 Å². The lowest BCUT2D eigenvalue weighted by molar-refractivity contribution is 0.925. The summed E-state index contributed by atoms with van der Waals surface area (Å²) in [5, 5.41) is 2.12. The first-order valence-electron chi connectivity index (χ1n) is 3.59. The Bertz CT molecular complexity index is 218. The molecule has 0 aliphatic rings. The summed E-state index contributed by atoms with van der Waals surface area (Å²) in [5.41, 5.74) is 1.35.